The molecule has 0 atom stereocenters. The molecule has 18 heavy (non-hydrogen) atoms. The van der Waals surface area contributed by atoms with Crippen LogP contribution in [-0.4, -0.2) is 30.9 Å². The number of benzene rings is 1. The normalized spacial score (nSPS) is 10.2. The van der Waals surface area contributed by atoms with Crippen molar-refractivity contribution in [2.45, 2.75) is 26.7 Å². The third kappa shape index (κ3) is 4.22. The molecule has 0 fully saturated rings. The van der Waals surface area contributed by atoms with Crippen LogP contribution in [0.2, 0.25) is 5.02 Å². The average Bonchev–Trinajstić information content (AvgIpc) is 2.37. The van der Waals surface area contributed by atoms with Gasteiger partial charge in [-0.2, -0.15) is 0 Å². The number of hydrogen-bond donors (Lipinski definition) is 1. The van der Waals surface area contributed by atoms with Crippen LogP contribution in [0.3, 0.4) is 0 Å². The monoisotopic (exact) mass is 268 g/mol. The van der Waals surface area contributed by atoms with Gasteiger partial charge in [0.25, 0.3) is 0 Å². The number of carbonyl (C=O) groups is 1. The summed E-state index contributed by atoms with van der Waals surface area (Å²) in [6.45, 7) is 5.18. The van der Waals surface area contributed by atoms with Gasteiger partial charge in [-0.05, 0) is 31.0 Å². The van der Waals surface area contributed by atoms with Crippen LogP contribution in [-0.2, 0) is 4.79 Å². The van der Waals surface area contributed by atoms with Gasteiger partial charge in [-0.25, -0.2) is 0 Å². The molecule has 1 aromatic carbocycles. The van der Waals surface area contributed by atoms with Gasteiger partial charge in [-0.3, -0.25) is 4.79 Å². The van der Waals surface area contributed by atoms with Crippen molar-refractivity contribution in [2.24, 2.45) is 0 Å². The van der Waals surface area contributed by atoms with Gasteiger partial charge in [0.15, 0.2) is 0 Å². The fourth-order valence-corrected chi connectivity index (χ4v) is 1.80. The van der Waals surface area contributed by atoms with Crippen molar-refractivity contribution < 1.29 is 4.79 Å². The van der Waals surface area contributed by atoms with Crippen LogP contribution in [0.25, 0.3) is 0 Å². The zero-order valence-electron chi connectivity index (χ0n) is 11.3. The molecule has 0 aliphatic carbocycles. The Hall–Kier alpha value is -1.22. The van der Waals surface area contributed by atoms with Gasteiger partial charge in [-0.1, -0.05) is 31.0 Å². The summed E-state index contributed by atoms with van der Waals surface area (Å²) in [7, 11) is 1.84. The molecule has 0 saturated heterocycles. The molecule has 4 heteroatoms. The predicted molar refractivity (Wildman–Crippen MR) is 77.2 cm³/mol. The first kappa shape index (κ1) is 14.8. The second-order valence-corrected chi connectivity index (χ2v) is 4.84. The highest BCUT2D eigenvalue weighted by Gasteiger charge is 2.08. The second-order valence-electron chi connectivity index (χ2n) is 4.43. The van der Waals surface area contributed by atoms with Crippen LogP contribution < -0.4 is 5.32 Å². The number of rotatable bonds is 6. The van der Waals surface area contributed by atoms with Gasteiger partial charge in [-0.15, -0.1) is 0 Å². The lowest BCUT2D eigenvalue weighted by molar-refractivity contribution is -0.128. The van der Waals surface area contributed by atoms with Gasteiger partial charge < -0.3 is 10.2 Å². The van der Waals surface area contributed by atoms with Crippen molar-refractivity contribution in [3.05, 3.63) is 28.8 Å². The highest BCUT2D eigenvalue weighted by atomic mass is 35.5. The minimum absolute atomic E-state index is 0.0998. The average molecular weight is 269 g/mol. The lowest BCUT2D eigenvalue weighted by atomic mass is 10.2. The van der Waals surface area contributed by atoms with E-state index < -0.39 is 0 Å². The van der Waals surface area contributed by atoms with Crippen molar-refractivity contribution in [1.29, 1.82) is 0 Å². The van der Waals surface area contributed by atoms with Gasteiger partial charge >= 0.3 is 0 Å². The topological polar surface area (TPSA) is 32.3 Å². The Bertz CT molecular complexity index is 407. The summed E-state index contributed by atoms with van der Waals surface area (Å²) in [5.74, 6) is 0.0998. The number of anilines is 1. The zero-order chi connectivity index (χ0) is 13.5. The Balaban J connectivity index is 2.49. The smallest absolute Gasteiger partial charge is 0.241 e. The molecule has 3 nitrogen and oxygen atoms in total. The predicted octanol–water partition coefficient (Wildman–Crippen LogP) is 3.32. The van der Waals surface area contributed by atoms with Crippen LogP contribution in [0.1, 0.15) is 25.3 Å². The number of likely N-dealkylation sites (N-methyl/N-ethyl adjacent to an activating group) is 1. The SMILES string of the molecule is CCCCN(C)C(=O)CNc1cccc(Cl)c1C. The third-order valence-corrected chi connectivity index (χ3v) is 3.38. The Kier molecular flexibility index (Phi) is 5.99. The number of carbonyl (C=O) groups excluding carboxylic acids is 1. The molecule has 0 spiro atoms. The summed E-state index contributed by atoms with van der Waals surface area (Å²) < 4.78 is 0. The highest BCUT2D eigenvalue weighted by Crippen LogP contribution is 2.22. The van der Waals surface area contributed by atoms with E-state index in [1.807, 2.05) is 32.2 Å². The van der Waals surface area contributed by atoms with E-state index in [0.29, 0.717) is 11.6 Å². The summed E-state index contributed by atoms with van der Waals surface area (Å²) in [5, 5.41) is 3.85. The van der Waals surface area contributed by atoms with E-state index in [1.54, 1.807) is 4.90 Å². The number of nitrogens with zero attached hydrogens (tertiary/aromatic N) is 1. The minimum atomic E-state index is 0.0998. The quantitative estimate of drug-likeness (QED) is 0.858. The first-order valence-corrected chi connectivity index (χ1v) is 6.67. The largest absolute Gasteiger partial charge is 0.376 e. The van der Waals surface area contributed by atoms with E-state index in [9.17, 15) is 4.79 Å². The molecular formula is C14H21ClN2O. The molecule has 1 rings (SSSR count). The van der Waals surface area contributed by atoms with Crippen LogP contribution in [0.4, 0.5) is 5.69 Å². The van der Waals surface area contributed by atoms with Gasteiger partial charge in [0.1, 0.15) is 0 Å². The third-order valence-electron chi connectivity index (χ3n) is 2.97. The van der Waals surface area contributed by atoms with Crippen molar-refractivity contribution in [3.63, 3.8) is 0 Å². The molecule has 0 heterocycles. The second kappa shape index (κ2) is 7.27. The molecule has 0 radical (unpaired) electrons. The Labute approximate surface area is 114 Å². The summed E-state index contributed by atoms with van der Waals surface area (Å²) in [4.78, 5) is 13.6. The Morgan fingerprint density at radius 3 is 2.83 bits per heavy atom. The van der Waals surface area contributed by atoms with Crippen LogP contribution >= 0.6 is 11.6 Å². The first-order chi connectivity index (χ1) is 8.56. The fourth-order valence-electron chi connectivity index (χ4n) is 1.62. The number of unbranched alkanes of at least 4 members (excludes halogenated alkanes) is 1. The minimum Gasteiger partial charge on any atom is -0.376 e. The molecule has 0 bridgehead atoms. The molecular weight excluding hydrogens is 248 g/mol. The highest BCUT2D eigenvalue weighted by molar-refractivity contribution is 6.31. The fraction of sp³-hybridized carbons (Fsp3) is 0.500. The number of halogens is 1. The van der Waals surface area contributed by atoms with Crippen LogP contribution in [0.15, 0.2) is 18.2 Å². The summed E-state index contributed by atoms with van der Waals surface area (Å²) in [6, 6.07) is 5.65. The standard InChI is InChI=1S/C14H21ClN2O/c1-4-5-9-17(3)14(18)10-16-13-8-6-7-12(15)11(13)2/h6-8,16H,4-5,9-10H2,1-3H3. The zero-order valence-corrected chi connectivity index (χ0v) is 12.0. The van der Waals surface area contributed by atoms with Crippen molar-refractivity contribution in [3.8, 4) is 0 Å². The maximum Gasteiger partial charge on any atom is 0.241 e. The number of amides is 1. The van der Waals surface area contributed by atoms with Crippen molar-refractivity contribution >= 4 is 23.2 Å². The molecule has 1 aromatic rings. The van der Waals surface area contributed by atoms with E-state index in [4.69, 9.17) is 11.6 Å². The van der Waals surface area contributed by atoms with E-state index in [2.05, 4.69) is 12.2 Å². The number of nitrogens with one attached hydrogen (secondary N) is 1. The molecule has 0 saturated carbocycles. The van der Waals surface area contributed by atoms with E-state index >= 15 is 0 Å². The van der Waals surface area contributed by atoms with Gasteiger partial charge in [0, 0.05) is 24.3 Å². The summed E-state index contributed by atoms with van der Waals surface area (Å²) in [6.07, 6.45) is 2.14. The lowest BCUT2D eigenvalue weighted by Crippen LogP contribution is -2.33. The van der Waals surface area contributed by atoms with Crippen molar-refractivity contribution in [1.82, 2.24) is 4.90 Å². The summed E-state index contributed by atoms with van der Waals surface area (Å²) in [5.41, 5.74) is 1.89. The maximum absolute atomic E-state index is 11.8. The first-order valence-electron chi connectivity index (χ1n) is 6.29. The van der Waals surface area contributed by atoms with Crippen LogP contribution in [0, 0.1) is 6.92 Å². The molecule has 0 aliphatic rings. The molecule has 0 aliphatic heterocycles. The lowest BCUT2D eigenvalue weighted by Gasteiger charge is -2.18. The van der Waals surface area contributed by atoms with Crippen LogP contribution in [0.5, 0.6) is 0 Å². The van der Waals surface area contributed by atoms with E-state index in [1.165, 1.54) is 0 Å². The van der Waals surface area contributed by atoms with E-state index in [-0.39, 0.29) is 5.91 Å². The molecule has 1 amide bonds. The maximum atomic E-state index is 11.8. The molecule has 0 aromatic heterocycles. The molecule has 0 unspecified atom stereocenters. The summed E-state index contributed by atoms with van der Waals surface area (Å²) >= 11 is 6.02. The molecule has 1 N–H and O–H groups in total. The Morgan fingerprint density at radius 2 is 2.17 bits per heavy atom. The van der Waals surface area contributed by atoms with Gasteiger partial charge in [0.2, 0.25) is 5.91 Å². The Morgan fingerprint density at radius 1 is 1.44 bits per heavy atom. The molecule has 100 valence electrons. The number of hydrogen-bond acceptors (Lipinski definition) is 2. The van der Waals surface area contributed by atoms with Gasteiger partial charge in [0.05, 0.1) is 6.54 Å². The van der Waals surface area contributed by atoms with Crippen molar-refractivity contribution in [2.75, 3.05) is 25.5 Å². The van der Waals surface area contributed by atoms with E-state index in [0.717, 1.165) is 30.6 Å².